The number of carbonyl (C=O) groups is 1. The summed E-state index contributed by atoms with van der Waals surface area (Å²) in [6.07, 6.45) is 4.28. The lowest BCUT2D eigenvalue weighted by molar-refractivity contribution is -0.124. The summed E-state index contributed by atoms with van der Waals surface area (Å²) in [5.41, 5.74) is 5.76. The van der Waals surface area contributed by atoms with Gasteiger partial charge in [0.25, 0.3) is 0 Å². The van der Waals surface area contributed by atoms with Crippen LogP contribution >= 0.6 is 0 Å². The molecular formula is C12H23N3O3S. The second-order valence-electron chi connectivity index (χ2n) is 5.48. The lowest BCUT2D eigenvalue weighted by Gasteiger charge is -2.16. The van der Waals surface area contributed by atoms with Crippen molar-refractivity contribution in [3.05, 3.63) is 0 Å². The highest BCUT2D eigenvalue weighted by Crippen LogP contribution is 2.23. The molecule has 2 rings (SSSR count). The molecule has 0 aromatic heterocycles. The van der Waals surface area contributed by atoms with Crippen molar-refractivity contribution < 1.29 is 13.2 Å². The summed E-state index contributed by atoms with van der Waals surface area (Å²) in [5.74, 6) is -0.0913. The van der Waals surface area contributed by atoms with Gasteiger partial charge in [-0.25, -0.2) is 12.7 Å². The molecular weight excluding hydrogens is 266 g/mol. The van der Waals surface area contributed by atoms with Crippen LogP contribution < -0.4 is 11.1 Å². The molecule has 0 unspecified atom stereocenters. The van der Waals surface area contributed by atoms with E-state index in [1.54, 1.807) is 0 Å². The highest BCUT2D eigenvalue weighted by molar-refractivity contribution is 7.89. The van der Waals surface area contributed by atoms with E-state index in [1.165, 1.54) is 4.31 Å². The molecule has 1 saturated heterocycles. The quantitative estimate of drug-likeness (QED) is 0.724. The molecule has 110 valence electrons. The van der Waals surface area contributed by atoms with Gasteiger partial charge in [-0.2, -0.15) is 0 Å². The largest absolute Gasteiger partial charge is 0.355 e. The van der Waals surface area contributed by atoms with Crippen molar-refractivity contribution in [2.75, 3.05) is 25.4 Å². The van der Waals surface area contributed by atoms with E-state index < -0.39 is 10.0 Å². The molecule has 1 aliphatic carbocycles. The van der Waals surface area contributed by atoms with Gasteiger partial charge in [0.05, 0.1) is 5.75 Å². The fraction of sp³-hybridized carbons (Fsp3) is 0.917. The first kappa shape index (κ1) is 14.7. The van der Waals surface area contributed by atoms with Gasteiger partial charge in [-0.15, -0.1) is 0 Å². The maximum Gasteiger partial charge on any atom is 0.223 e. The molecule has 0 bridgehead atoms. The number of nitrogens with two attached hydrogens (primary N) is 1. The number of amides is 1. The molecule has 1 amide bonds. The Balaban J connectivity index is 1.72. The number of rotatable bonds is 5. The summed E-state index contributed by atoms with van der Waals surface area (Å²) < 4.78 is 25.4. The van der Waals surface area contributed by atoms with Gasteiger partial charge in [0.15, 0.2) is 0 Å². The second-order valence-corrected chi connectivity index (χ2v) is 7.57. The summed E-state index contributed by atoms with van der Waals surface area (Å²) in [7, 11) is -3.20. The van der Waals surface area contributed by atoms with Crippen LogP contribution in [0.25, 0.3) is 0 Å². The minimum Gasteiger partial charge on any atom is -0.355 e. The molecule has 1 aliphatic heterocycles. The van der Waals surface area contributed by atoms with Crippen LogP contribution in [-0.4, -0.2) is 50.1 Å². The third-order valence-electron chi connectivity index (χ3n) is 3.96. The van der Waals surface area contributed by atoms with Crippen LogP contribution in [0.5, 0.6) is 0 Å². The first-order valence-electron chi connectivity index (χ1n) is 7.00. The molecule has 0 aromatic rings. The van der Waals surface area contributed by atoms with Crippen molar-refractivity contribution in [3.63, 3.8) is 0 Å². The molecule has 1 saturated carbocycles. The molecule has 19 heavy (non-hydrogen) atoms. The number of carbonyl (C=O) groups excluding carboxylic acids is 1. The second kappa shape index (κ2) is 6.19. The van der Waals surface area contributed by atoms with Crippen molar-refractivity contribution >= 4 is 15.9 Å². The number of hydrogen-bond donors (Lipinski definition) is 2. The van der Waals surface area contributed by atoms with E-state index in [4.69, 9.17) is 5.73 Å². The smallest absolute Gasteiger partial charge is 0.223 e. The zero-order chi connectivity index (χ0) is 13.9. The Kier molecular flexibility index (Phi) is 4.81. The van der Waals surface area contributed by atoms with Crippen molar-refractivity contribution in [3.8, 4) is 0 Å². The maximum absolute atomic E-state index is 11.9. The summed E-state index contributed by atoms with van der Waals surface area (Å²) >= 11 is 0. The van der Waals surface area contributed by atoms with Gasteiger partial charge >= 0.3 is 0 Å². The fourth-order valence-corrected chi connectivity index (χ4v) is 4.23. The molecule has 2 aliphatic rings. The van der Waals surface area contributed by atoms with Gasteiger partial charge < -0.3 is 11.1 Å². The summed E-state index contributed by atoms with van der Waals surface area (Å²) in [5, 5.41) is 2.72. The molecule has 0 radical (unpaired) electrons. The Morgan fingerprint density at radius 3 is 2.53 bits per heavy atom. The monoisotopic (exact) mass is 289 g/mol. The van der Waals surface area contributed by atoms with E-state index in [-0.39, 0.29) is 30.2 Å². The lowest BCUT2D eigenvalue weighted by Crippen LogP contribution is -2.38. The van der Waals surface area contributed by atoms with Crippen molar-refractivity contribution in [1.29, 1.82) is 0 Å². The Bertz CT molecular complexity index is 418. The maximum atomic E-state index is 11.9. The molecule has 0 spiro atoms. The zero-order valence-corrected chi connectivity index (χ0v) is 12.0. The zero-order valence-electron chi connectivity index (χ0n) is 11.2. The van der Waals surface area contributed by atoms with Gasteiger partial charge in [-0.3, -0.25) is 4.79 Å². The highest BCUT2D eigenvalue weighted by Gasteiger charge is 2.28. The summed E-state index contributed by atoms with van der Waals surface area (Å²) in [4.78, 5) is 11.8. The highest BCUT2D eigenvalue weighted by atomic mass is 32.2. The summed E-state index contributed by atoms with van der Waals surface area (Å²) in [6.45, 7) is 1.44. The van der Waals surface area contributed by atoms with Crippen LogP contribution in [0.15, 0.2) is 0 Å². The van der Waals surface area contributed by atoms with Gasteiger partial charge in [0.2, 0.25) is 15.9 Å². The van der Waals surface area contributed by atoms with Crippen LogP contribution in [0.1, 0.15) is 32.1 Å². The summed E-state index contributed by atoms with van der Waals surface area (Å²) in [6, 6.07) is 0.115. The minimum absolute atomic E-state index is 0.00247. The molecule has 2 atom stereocenters. The lowest BCUT2D eigenvalue weighted by atomic mass is 10.1. The van der Waals surface area contributed by atoms with E-state index >= 15 is 0 Å². The SMILES string of the molecule is N[C@@H]1CC[C@H](C(=O)NCCS(=O)(=O)N2CCCC2)C1. The predicted octanol–water partition coefficient (Wildman–Crippen LogP) is -0.344. The first-order chi connectivity index (χ1) is 8.99. The van der Waals surface area contributed by atoms with E-state index in [0.29, 0.717) is 19.5 Å². The third kappa shape index (κ3) is 3.90. The molecule has 7 heteroatoms. The Hall–Kier alpha value is -0.660. The fourth-order valence-electron chi connectivity index (χ4n) is 2.80. The van der Waals surface area contributed by atoms with Crippen molar-refractivity contribution in [2.24, 2.45) is 11.7 Å². The van der Waals surface area contributed by atoms with Gasteiger partial charge in [0, 0.05) is 31.6 Å². The molecule has 6 nitrogen and oxygen atoms in total. The number of nitrogens with one attached hydrogen (secondary N) is 1. The van der Waals surface area contributed by atoms with Crippen LogP contribution in [0.2, 0.25) is 0 Å². The average molecular weight is 289 g/mol. The first-order valence-corrected chi connectivity index (χ1v) is 8.61. The van der Waals surface area contributed by atoms with E-state index in [9.17, 15) is 13.2 Å². The Morgan fingerprint density at radius 1 is 1.26 bits per heavy atom. The van der Waals surface area contributed by atoms with Crippen molar-refractivity contribution in [2.45, 2.75) is 38.1 Å². The van der Waals surface area contributed by atoms with E-state index in [2.05, 4.69) is 5.32 Å². The van der Waals surface area contributed by atoms with Gasteiger partial charge in [-0.05, 0) is 32.1 Å². The Morgan fingerprint density at radius 2 is 1.95 bits per heavy atom. The average Bonchev–Trinajstić information content (AvgIpc) is 2.99. The van der Waals surface area contributed by atoms with E-state index in [0.717, 1.165) is 25.7 Å². The van der Waals surface area contributed by atoms with Gasteiger partial charge in [0.1, 0.15) is 0 Å². The third-order valence-corrected chi connectivity index (χ3v) is 5.83. The molecule has 0 aromatic carbocycles. The van der Waals surface area contributed by atoms with Crippen molar-refractivity contribution in [1.82, 2.24) is 9.62 Å². The standard InChI is InChI=1S/C12H23N3O3S/c13-11-4-3-10(9-11)12(16)14-5-8-19(17,18)15-6-1-2-7-15/h10-11H,1-9,13H2,(H,14,16)/t10-,11+/m0/s1. The van der Waals surface area contributed by atoms with Crippen LogP contribution in [0, 0.1) is 5.92 Å². The van der Waals surface area contributed by atoms with Crippen LogP contribution in [-0.2, 0) is 14.8 Å². The predicted molar refractivity (Wildman–Crippen MR) is 72.9 cm³/mol. The molecule has 3 N–H and O–H groups in total. The van der Waals surface area contributed by atoms with Crippen LogP contribution in [0.3, 0.4) is 0 Å². The topological polar surface area (TPSA) is 92.5 Å². The number of hydrogen-bond acceptors (Lipinski definition) is 4. The Labute approximate surface area is 114 Å². The molecule has 1 heterocycles. The van der Waals surface area contributed by atoms with Gasteiger partial charge in [-0.1, -0.05) is 0 Å². The van der Waals surface area contributed by atoms with E-state index in [1.807, 2.05) is 0 Å². The normalized spacial score (nSPS) is 28.7. The number of nitrogens with zero attached hydrogens (tertiary/aromatic N) is 1. The minimum atomic E-state index is -3.20. The molecule has 2 fully saturated rings. The van der Waals surface area contributed by atoms with Crippen LogP contribution in [0.4, 0.5) is 0 Å². The number of sulfonamides is 1.